The molecule has 2 N–H and O–H groups in total. The first-order valence-corrected chi connectivity index (χ1v) is 8.79. The molecule has 1 aromatic rings. The number of nitrogens with zero attached hydrogens (tertiary/aromatic N) is 1. The highest BCUT2D eigenvalue weighted by Crippen LogP contribution is 2.48. The van der Waals surface area contributed by atoms with Gasteiger partial charge in [0.25, 0.3) is 5.91 Å². The van der Waals surface area contributed by atoms with Crippen LogP contribution in [0.25, 0.3) is 0 Å². The zero-order chi connectivity index (χ0) is 17.7. The molecule has 0 bridgehead atoms. The van der Waals surface area contributed by atoms with Crippen LogP contribution in [0.2, 0.25) is 0 Å². The number of piperidine rings is 1. The van der Waals surface area contributed by atoms with Crippen LogP contribution in [0.1, 0.15) is 36.9 Å². The van der Waals surface area contributed by atoms with Crippen LogP contribution in [0.4, 0.5) is 0 Å². The molecule has 134 valence electrons. The fraction of sp³-hybridized carbons (Fsp3) is 0.526. The third-order valence-corrected chi connectivity index (χ3v) is 5.87. The van der Waals surface area contributed by atoms with E-state index >= 15 is 0 Å². The minimum atomic E-state index is -0.870. The molecular weight excluding hydrogens is 322 g/mol. The van der Waals surface area contributed by atoms with Crippen molar-refractivity contribution in [2.24, 2.45) is 11.8 Å². The molecule has 1 saturated heterocycles. The largest absolute Gasteiger partial charge is 0.504 e. The second-order valence-corrected chi connectivity index (χ2v) is 7.00. The highest BCUT2D eigenvalue weighted by atomic mass is 16.6. The average Bonchev–Trinajstić information content (AvgIpc) is 2.61. The summed E-state index contributed by atoms with van der Waals surface area (Å²) in [5, 5.41) is 20.3. The number of aliphatic hydroxyl groups is 1. The van der Waals surface area contributed by atoms with Crippen molar-refractivity contribution >= 4 is 5.91 Å². The molecule has 0 aliphatic carbocycles. The van der Waals surface area contributed by atoms with Gasteiger partial charge in [0.05, 0.1) is 25.0 Å². The van der Waals surface area contributed by atoms with Gasteiger partial charge in [-0.15, -0.1) is 0 Å². The van der Waals surface area contributed by atoms with Crippen LogP contribution in [-0.4, -0.2) is 41.0 Å². The van der Waals surface area contributed by atoms with Crippen molar-refractivity contribution in [3.05, 3.63) is 35.1 Å². The Hall–Kier alpha value is -2.21. The number of amides is 1. The van der Waals surface area contributed by atoms with Crippen molar-refractivity contribution in [2.75, 3.05) is 13.7 Å². The number of methoxy groups -OCH3 is 1. The molecule has 3 aliphatic heterocycles. The van der Waals surface area contributed by atoms with Gasteiger partial charge in [-0.3, -0.25) is 4.79 Å². The summed E-state index contributed by atoms with van der Waals surface area (Å²) in [5.74, 6) is 0.410. The minimum Gasteiger partial charge on any atom is -0.504 e. The Labute approximate surface area is 146 Å². The van der Waals surface area contributed by atoms with Crippen molar-refractivity contribution in [1.82, 2.24) is 4.90 Å². The first kappa shape index (κ1) is 16.3. The number of phenols is 1. The molecule has 0 unspecified atom stereocenters. The van der Waals surface area contributed by atoms with Gasteiger partial charge in [-0.05, 0) is 42.5 Å². The molecule has 4 atom stereocenters. The quantitative estimate of drug-likeness (QED) is 0.858. The monoisotopic (exact) mass is 345 g/mol. The predicted octanol–water partition coefficient (Wildman–Crippen LogP) is 2.11. The predicted molar refractivity (Wildman–Crippen MR) is 89.9 cm³/mol. The first-order chi connectivity index (χ1) is 12.0. The standard InChI is InChI=1S/C19H23NO5/c1-3-11-13-7-15-12-8-16(21)17(24-2)6-10(12)4-5-20(15)18(22)14(13)9-25-19(11)23/h6,8-9,11,13,15,19,21,23H,3-5,7H2,1-2H3/t11-,13+,15-,19-/m1/s1. The summed E-state index contributed by atoms with van der Waals surface area (Å²) in [6, 6.07) is 3.51. The molecule has 0 saturated carbocycles. The zero-order valence-electron chi connectivity index (χ0n) is 14.4. The number of benzene rings is 1. The molecule has 1 amide bonds. The average molecular weight is 345 g/mol. The minimum absolute atomic E-state index is 0.0208. The van der Waals surface area contributed by atoms with E-state index in [9.17, 15) is 15.0 Å². The number of carbonyl (C=O) groups is 1. The Morgan fingerprint density at radius 3 is 2.92 bits per heavy atom. The third kappa shape index (κ3) is 2.39. The van der Waals surface area contributed by atoms with E-state index < -0.39 is 6.29 Å². The third-order valence-electron chi connectivity index (χ3n) is 5.87. The number of rotatable bonds is 2. The highest BCUT2D eigenvalue weighted by molar-refractivity contribution is 5.95. The normalized spacial score (nSPS) is 30.6. The molecule has 3 aliphatic rings. The van der Waals surface area contributed by atoms with Gasteiger partial charge in [-0.1, -0.05) is 6.92 Å². The van der Waals surface area contributed by atoms with Crippen LogP contribution in [0, 0.1) is 11.8 Å². The fourth-order valence-electron chi connectivity index (χ4n) is 4.54. The lowest BCUT2D eigenvalue weighted by atomic mass is 9.72. The van der Waals surface area contributed by atoms with Crippen LogP contribution in [0.3, 0.4) is 0 Å². The molecule has 0 radical (unpaired) electrons. The Balaban J connectivity index is 1.75. The SMILES string of the molecule is CC[C@H]1[C@H](O)OC=C2C(=O)N3CCc4cc(OC)c(O)cc4[C@H]3C[C@H]21. The van der Waals surface area contributed by atoms with Crippen molar-refractivity contribution < 1.29 is 24.5 Å². The van der Waals surface area contributed by atoms with Gasteiger partial charge < -0.3 is 24.6 Å². The summed E-state index contributed by atoms with van der Waals surface area (Å²) in [5.41, 5.74) is 2.75. The number of carbonyl (C=O) groups excluding carboxylic acids is 1. The lowest BCUT2D eigenvalue weighted by molar-refractivity contribution is -0.148. The van der Waals surface area contributed by atoms with Crippen molar-refractivity contribution in [1.29, 1.82) is 0 Å². The number of fused-ring (bicyclic) bond motifs is 4. The van der Waals surface area contributed by atoms with Crippen LogP contribution in [0.15, 0.2) is 24.0 Å². The number of hydrogen-bond acceptors (Lipinski definition) is 5. The lowest BCUT2D eigenvalue weighted by Crippen LogP contribution is -2.50. The molecule has 0 spiro atoms. The Morgan fingerprint density at radius 1 is 1.40 bits per heavy atom. The van der Waals surface area contributed by atoms with E-state index in [1.165, 1.54) is 13.4 Å². The van der Waals surface area contributed by atoms with E-state index in [0.717, 1.165) is 30.4 Å². The first-order valence-electron chi connectivity index (χ1n) is 8.79. The number of phenolic OH excluding ortho intramolecular Hbond substituents is 1. The highest BCUT2D eigenvalue weighted by Gasteiger charge is 2.47. The lowest BCUT2D eigenvalue weighted by Gasteiger charge is -2.47. The smallest absolute Gasteiger partial charge is 0.253 e. The molecular formula is C19H23NO5. The van der Waals surface area contributed by atoms with Gasteiger partial charge in [-0.25, -0.2) is 0 Å². The van der Waals surface area contributed by atoms with E-state index in [4.69, 9.17) is 9.47 Å². The summed E-state index contributed by atoms with van der Waals surface area (Å²) >= 11 is 0. The van der Waals surface area contributed by atoms with Gasteiger partial charge in [0.2, 0.25) is 0 Å². The molecule has 3 heterocycles. The summed E-state index contributed by atoms with van der Waals surface area (Å²) in [6.45, 7) is 2.64. The molecule has 1 fully saturated rings. The van der Waals surface area contributed by atoms with Gasteiger partial charge in [0, 0.05) is 18.4 Å². The molecule has 6 heteroatoms. The van der Waals surface area contributed by atoms with E-state index in [-0.39, 0.29) is 29.5 Å². The van der Waals surface area contributed by atoms with Gasteiger partial charge in [0.1, 0.15) is 0 Å². The van der Waals surface area contributed by atoms with Crippen molar-refractivity contribution in [3.63, 3.8) is 0 Å². The summed E-state index contributed by atoms with van der Waals surface area (Å²) in [6.07, 6.45) is 2.78. The van der Waals surface area contributed by atoms with Crippen LogP contribution in [-0.2, 0) is 16.0 Å². The molecule has 0 aromatic heterocycles. The van der Waals surface area contributed by atoms with Crippen LogP contribution in [0.5, 0.6) is 11.5 Å². The number of aliphatic hydroxyl groups excluding tert-OH is 1. The van der Waals surface area contributed by atoms with Gasteiger partial charge in [0.15, 0.2) is 17.8 Å². The fourth-order valence-corrected chi connectivity index (χ4v) is 4.54. The van der Waals surface area contributed by atoms with Gasteiger partial charge >= 0.3 is 0 Å². The summed E-state index contributed by atoms with van der Waals surface area (Å²) in [4.78, 5) is 14.9. The number of ether oxygens (including phenoxy) is 2. The maximum atomic E-state index is 13.0. The topological polar surface area (TPSA) is 79.2 Å². The van der Waals surface area contributed by atoms with Crippen molar-refractivity contribution in [2.45, 2.75) is 38.5 Å². The molecule has 1 aromatic carbocycles. The second-order valence-electron chi connectivity index (χ2n) is 7.00. The van der Waals surface area contributed by atoms with Crippen LogP contribution >= 0.6 is 0 Å². The Morgan fingerprint density at radius 2 is 2.20 bits per heavy atom. The summed E-state index contributed by atoms with van der Waals surface area (Å²) in [7, 11) is 1.53. The Bertz CT molecular complexity index is 744. The van der Waals surface area contributed by atoms with E-state index in [2.05, 4.69) is 0 Å². The van der Waals surface area contributed by atoms with E-state index in [1.54, 1.807) is 6.07 Å². The van der Waals surface area contributed by atoms with E-state index in [1.807, 2.05) is 17.9 Å². The maximum Gasteiger partial charge on any atom is 0.253 e. The van der Waals surface area contributed by atoms with E-state index in [0.29, 0.717) is 17.9 Å². The number of aromatic hydroxyl groups is 1. The molecule has 4 rings (SSSR count). The van der Waals surface area contributed by atoms with Gasteiger partial charge in [-0.2, -0.15) is 0 Å². The Kier molecular flexibility index (Phi) is 3.87. The number of hydrogen-bond donors (Lipinski definition) is 2. The zero-order valence-corrected chi connectivity index (χ0v) is 14.4. The maximum absolute atomic E-state index is 13.0. The molecule has 6 nitrogen and oxygen atoms in total. The van der Waals surface area contributed by atoms with Crippen LogP contribution < -0.4 is 4.74 Å². The van der Waals surface area contributed by atoms with Crippen molar-refractivity contribution in [3.8, 4) is 11.5 Å². The summed E-state index contributed by atoms with van der Waals surface area (Å²) < 4.78 is 10.5. The molecule has 25 heavy (non-hydrogen) atoms. The second kappa shape index (κ2) is 5.95.